The number of piperidine rings is 1. The van der Waals surface area contributed by atoms with Gasteiger partial charge in [0.25, 0.3) is 11.8 Å². The second kappa shape index (κ2) is 8.13. The maximum absolute atomic E-state index is 12.5. The molecular weight excluding hydrogens is 350 g/mol. The summed E-state index contributed by atoms with van der Waals surface area (Å²) in [7, 11) is 0. The van der Waals surface area contributed by atoms with Gasteiger partial charge in [-0.05, 0) is 61.4 Å². The largest absolute Gasteiger partial charge is 0.349 e. The van der Waals surface area contributed by atoms with Gasteiger partial charge in [-0.3, -0.25) is 9.59 Å². The molecule has 0 unspecified atom stereocenters. The number of benzene rings is 2. The van der Waals surface area contributed by atoms with E-state index >= 15 is 0 Å². The zero-order chi connectivity index (χ0) is 19.3. The Kier molecular flexibility index (Phi) is 5.24. The number of nitrogens with one attached hydrogen (secondary N) is 1. The molecule has 1 N–H and O–H groups in total. The summed E-state index contributed by atoms with van der Waals surface area (Å²) in [5.41, 5.74) is 2.39. The Morgan fingerprint density at radius 1 is 0.786 bits per heavy atom. The molecule has 0 atom stereocenters. The Labute approximate surface area is 164 Å². The molecule has 0 spiro atoms. The summed E-state index contributed by atoms with van der Waals surface area (Å²) in [6.07, 6.45) is 5.48. The fraction of sp³-hybridized carbons (Fsp3) is 0.217. The first-order valence-corrected chi connectivity index (χ1v) is 9.59. The summed E-state index contributed by atoms with van der Waals surface area (Å²) >= 11 is 0. The summed E-state index contributed by atoms with van der Waals surface area (Å²) in [6.45, 7) is 1.32. The third-order valence-electron chi connectivity index (χ3n) is 5.17. The molecule has 5 heteroatoms. The molecule has 1 saturated heterocycles. The van der Waals surface area contributed by atoms with Crippen molar-refractivity contribution in [2.24, 2.45) is 0 Å². The lowest BCUT2D eigenvalue weighted by molar-refractivity contribution is 0.0698. The summed E-state index contributed by atoms with van der Waals surface area (Å²) < 4.78 is 2.00. The van der Waals surface area contributed by atoms with E-state index in [0.717, 1.165) is 18.5 Å². The van der Waals surface area contributed by atoms with Gasteiger partial charge in [-0.2, -0.15) is 0 Å². The Bertz CT molecular complexity index is 926. The average molecular weight is 373 g/mol. The van der Waals surface area contributed by atoms with Crippen LogP contribution in [0.4, 0.5) is 0 Å². The van der Waals surface area contributed by atoms with Gasteiger partial charge < -0.3 is 14.8 Å². The van der Waals surface area contributed by atoms with Crippen LogP contribution in [0.1, 0.15) is 33.6 Å². The molecule has 1 aliphatic heterocycles. The lowest BCUT2D eigenvalue weighted by Crippen LogP contribution is -2.46. The average Bonchev–Trinajstić information content (AvgIpc) is 3.29. The maximum Gasteiger partial charge on any atom is 0.253 e. The molecule has 4 rings (SSSR count). The van der Waals surface area contributed by atoms with Crippen LogP contribution in [0.5, 0.6) is 0 Å². The maximum atomic E-state index is 12.5. The van der Waals surface area contributed by atoms with Crippen LogP contribution in [0, 0.1) is 0 Å². The van der Waals surface area contributed by atoms with E-state index in [4.69, 9.17) is 0 Å². The van der Waals surface area contributed by atoms with Crippen molar-refractivity contribution in [3.05, 3.63) is 90.3 Å². The SMILES string of the molecule is O=C(NC1CCN(C(=O)c2ccccc2)CC1)c1ccc(-n2cccc2)cc1. The highest BCUT2D eigenvalue weighted by molar-refractivity contribution is 5.95. The van der Waals surface area contributed by atoms with Crippen molar-refractivity contribution in [3.8, 4) is 5.69 Å². The van der Waals surface area contributed by atoms with E-state index in [0.29, 0.717) is 24.2 Å². The fourth-order valence-corrected chi connectivity index (χ4v) is 3.55. The van der Waals surface area contributed by atoms with Crippen LogP contribution in [0.15, 0.2) is 79.1 Å². The minimum atomic E-state index is -0.0631. The van der Waals surface area contributed by atoms with Crippen molar-refractivity contribution in [3.63, 3.8) is 0 Å². The molecule has 142 valence electrons. The molecule has 0 bridgehead atoms. The number of likely N-dealkylation sites (tertiary alicyclic amines) is 1. The quantitative estimate of drug-likeness (QED) is 0.761. The molecule has 2 aromatic carbocycles. The standard InChI is InChI=1S/C23H23N3O2/c27-22(18-8-10-21(11-9-18)25-14-4-5-15-25)24-20-12-16-26(17-13-20)23(28)19-6-2-1-3-7-19/h1-11,14-15,20H,12-13,16-17H2,(H,24,27). The lowest BCUT2D eigenvalue weighted by atomic mass is 10.0. The lowest BCUT2D eigenvalue weighted by Gasteiger charge is -2.32. The highest BCUT2D eigenvalue weighted by Crippen LogP contribution is 2.15. The number of carbonyl (C=O) groups excluding carboxylic acids is 2. The fourth-order valence-electron chi connectivity index (χ4n) is 3.55. The zero-order valence-electron chi connectivity index (χ0n) is 15.6. The van der Waals surface area contributed by atoms with E-state index in [2.05, 4.69) is 5.32 Å². The van der Waals surface area contributed by atoms with Crippen LogP contribution in [0.25, 0.3) is 5.69 Å². The Hall–Kier alpha value is -3.34. The Morgan fingerprint density at radius 2 is 1.43 bits per heavy atom. The van der Waals surface area contributed by atoms with Gasteiger partial charge in [0.1, 0.15) is 0 Å². The van der Waals surface area contributed by atoms with Gasteiger partial charge >= 0.3 is 0 Å². The van der Waals surface area contributed by atoms with Crippen LogP contribution >= 0.6 is 0 Å². The first-order valence-electron chi connectivity index (χ1n) is 9.59. The number of hydrogen-bond donors (Lipinski definition) is 1. The van der Waals surface area contributed by atoms with Gasteiger partial charge in [-0.25, -0.2) is 0 Å². The molecular formula is C23H23N3O2. The summed E-state index contributed by atoms with van der Waals surface area (Å²) in [5.74, 6) is -0.00197. The third-order valence-corrected chi connectivity index (χ3v) is 5.17. The highest BCUT2D eigenvalue weighted by Gasteiger charge is 2.24. The smallest absolute Gasteiger partial charge is 0.253 e. The Balaban J connectivity index is 1.31. The van der Waals surface area contributed by atoms with Crippen molar-refractivity contribution in [2.45, 2.75) is 18.9 Å². The molecule has 3 aromatic rings. The third kappa shape index (κ3) is 3.98. The van der Waals surface area contributed by atoms with Crippen LogP contribution in [0.2, 0.25) is 0 Å². The molecule has 0 aliphatic carbocycles. The number of carbonyl (C=O) groups is 2. The first kappa shape index (κ1) is 18.0. The summed E-state index contributed by atoms with van der Waals surface area (Å²) in [4.78, 5) is 26.9. The monoisotopic (exact) mass is 373 g/mol. The predicted octanol–water partition coefficient (Wildman–Crippen LogP) is 3.51. The molecule has 5 nitrogen and oxygen atoms in total. The Morgan fingerprint density at radius 3 is 2.07 bits per heavy atom. The van der Waals surface area contributed by atoms with E-state index in [1.807, 2.05) is 88.6 Å². The minimum Gasteiger partial charge on any atom is -0.349 e. The number of nitrogens with zero attached hydrogens (tertiary/aromatic N) is 2. The normalized spacial score (nSPS) is 14.6. The van der Waals surface area contributed by atoms with E-state index in [1.165, 1.54) is 0 Å². The van der Waals surface area contributed by atoms with E-state index < -0.39 is 0 Å². The van der Waals surface area contributed by atoms with Gasteiger partial charge in [-0.15, -0.1) is 0 Å². The number of aromatic nitrogens is 1. The van der Waals surface area contributed by atoms with Gasteiger partial charge in [-0.1, -0.05) is 18.2 Å². The second-order valence-electron chi connectivity index (χ2n) is 7.04. The topological polar surface area (TPSA) is 54.3 Å². The molecule has 1 fully saturated rings. The number of amides is 2. The molecule has 2 heterocycles. The number of hydrogen-bond acceptors (Lipinski definition) is 2. The van der Waals surface area contributed by atoms with Crippen molar-refractivity contribution >= 4 is 11.8 Å². The molecule has 0 radical (unpaired) electrons. The summed E-state index contributed by atoms with van der Waals surface area (Å²) in [5, 5.41) is 3.10. The predicted molar refractivity (Wildman–Crippen MR) is 109 cm³/mol. The molecule has 1 aromatic heterocycles. The van der Waals surface area contributed by atoms with E-state index in [-0.39, 0.29) is 17.9 Å². The van der Waals surface area contributed by atoms with Gasteiger partial charge in [0.05, 0.1) is 0 Å². The highest BCUT2D eigenvalue weighted by atomic mass is 16.2. The van der Waals surface area contributed by atoms with Gasteiger partial charge in [0.15, 0.2) is 0 Å². The van der Waals surface area contributed by atoms with Crippen LogP contribution in [0.3, 0.4) is 0 Å². The molecule has 1 aliphatic rings. The van der Waals surface area contributed by atoms with Crippen molar-refractivity contribution in [1.29, 1.82) is 0 Å². The van der Waals surface area contributed by atoms with Crippen LogP contribution in [-0.4, -0.2) is 40.4 Å². The molecule has 28 heavy (non-hydrogen) atoms. The first-order chi connectivity index (χ1) is 13.7. The van der Waals surface area contributed by atoms with Crippen LogP contribution < -0.4 is 5.32 Å². The van der Waals surface area contributed by atoms with Crippen molar-refractivity contribution in [2.75, 3.05) is 13.1 Å². The van der Waals surface area contributed by atoms with Crippen LogP contribution in [-0.2, 0) is 0 Å². The molecule has 2 amide bonds. The zero-order valence-corrected chi connectivity index (χ0v) is 15.6. The molecule has 0 saturated carbocycles. The van der Waals surface area contributed by atoms with E-state index in [9.17, 15) is 9.59 Å². The minimum absolute atomic E-state index is 0.0611. The van der Waals surface area contributed by atoms with Crippen molar-refractivity contribution in [1.82, 2.24) is 14.8 Å². The van der Waals surface area contributed by atoms with Gasteiger partial charge in [0.2, 0.25) is 0 Å². The van der Waals surface area contributed by atoms with Crippen molar-refractivity contribution < 1.29 is 9.59 Å². The number of rotatable bonds is 4. The second-order valence-corrected chi connectivity index (χ2v) is 7.04. The summed E-state index contributed by atoms with van der Waals surface area (Å²) in [6, 6.07) is 20.9. The van der Waals surface area contributed by atoms with Gasteiger partial charge in [0, 0.05) is 48.3 Å². The van der Waals surface area contributed by atoms with E-state index in [1.54, 1.807) is 0 Å².